The van der Waals surface area contributed by atoms with Crippen molar-refractivity contribution in [3.63, 3.8) is 0 Å². The van der Waals surface area contributed by atoms with Crippen LogP contribution in [0.3, 0.4) is 0 Å². The van der Waals surface area contributed by atoms with E-state index in [1.54, 1.807) is 13.2 Å². The van der Waals surface area contributed by atoms with E-state index in [4.69, 9.17) is 10.00 Å². The van der Waals surface area contributed by atoms with E-state index < -0.39 is 20.9 Å². The van der Waals surface area contributed by atoms with E-state index in [0.29, 0.717) is 0 Å². The Morgan fingerprint density at radius 2 is 2.12 bits per heavy atom. The molecule has 0 amide bonds. The van der Waals surface area contributed by atoms with Crippen LogP contribution in [-0.4, -0.2) is 46.0 Å². The lowest BCUT2D eigenvalue weighted by Gasteiger charge is -2.36. The first-order valence-electron chi connectivity index (χ1n) is 5.60. The Balaban J connectivity index is 2.62. The molecule has 0 aliphatic carbocycles. The van der Waals surface area contributed by atoms with Crippen LogP contribution in [-0.2, 0) is 14.8 Å². The molecule has 0 bridgehead atoms. The second-order valence-electron chi connectivity index (χ2n) is 4.27. The van der Waals surface area contributed by atoms with Crippen molar-refractivity contribution < 1.29 is 13.2 Å². The van der Waals surface area contributed by atoms with E-state index >= 15 is 0 Å². The van der Waals surface area contributed by atoms with Crippen molar-refractivity contribution >= 4 is 10.0 Å². The first-order valence-corrected chi connectivity index (χ1v) is 7.14. The maximum absolute atomic E-state index is 11.7. The highest BCUT2D eigenvalue weighted by Crippen LogP contribution is 2.21. The van der Waals surface area contributed by atoms with Crippen LogP contribution in [0.15, 0.2) is 0 Å². The zero-order valence-electron chi connectivity index (χ0n) is 10.2. The molecule has 1 aliphatic heterocycles. The van der Waals surface area contributed by atoms with Crippen molar-refractivity contribution in [3.05, 3.63) is 0 Å². The molecule has 1 rings (SSSR count). The predicted octanol–water partition coefficient (Wildman–Crippen LogP) is -0.414. The fourth-order valence-corrected chi connectivity index (χ4v) is 2.61. The summed E-state index contributed by atoms with van der Waals surface area (Å²) >= 11 is 0. The van der Waals surface area contributed by atoms with Crippen molar-refractivity contribution in [2.45, 2.75) is 30.6 Å². The summed E-state index contributed by atoms with van der Waals surface area (Å²) in [7, 11) is -1.98. The third kappa shape index (κ3) is 3.64. The number of sulfonamides is 1. The van der Waals surface area contributed by atoms with Crippen LogP contribution in [0.2, 0.25) is 0 Å². The van der Waals surface area contributed by atoms with Crippen LogP contribution < -0.4 is 10.0 Å². The minimum Gasteiger partial charge on any atom is -0.377 e. The fourth-order valence-electron chi connectivity index (χ4n) is 1.76. The Kier molecular flexibility index (Phi) is 4.89. The Labute approximate surface area is 102 Å². The zero-order chi connectivity index (χ0) is 12.9. The smallest absolute Gasteiger partial charge is 0.227 e. The standard InChI is InChI=1S/C10H19N3O3S/c1-9(7-11)17(14,15)13-8-10(16-2)3-5-12-6-4-10/h9,12-13H,3-6,8H2,1-2H3. The molecule has 17 heavy (non-hydrogen) atoms. The maximum Gasteiger partial charge on any atom is 0.227 e. The average Bonchev–Trinajstić information content (AvgIpc) is 2.36. The van der Waals surface area contributed by atoms with Gasteiger partial charge in [0.05, 0.1) is 11.7 Å². The van der Waals surface area contributed by atoms with Gasteiger partial charge in [-0.3, -0.25) is 0 Å². The normalized spacial score (nSPS) is 21.7. The molecule has 7 heteroatoms. The van der Waals surface area contributed by atoms with Crippen molar-refractivity contribution in [2.24, 2.45) is 0 Å². The third-order valence-electron chi connectivity index (χ3n) is 3.19. The molecule has 0 saturated carbocycles. The van der Waals surface area contributed by atoms with E-state index in [2.05, 4.69) is 10.0 Å². The summed E-state index contributed by atoms with van der Waals surface area (Å²) < 4.78 is 31.2. The fraction of sp³-hybridized carbons (Fsp3) is 0.900. The summed E-state index contributed by atoms with van der Waals surface area (Å²) in [5.41, 5.74) is -0.451. The highest BCUT2D eigenvalue weighted by Gasteiger charge is 2.34. The molecular weight excluding hydrogens is 242 g/mol. The average molecular weight is 261 g/mol. The second-order valence-corrected chi connectivity index (χ2v) is 6.36. The summed E-state index contributed by atoms with van der Waals surface area (Å²) in [5.74, 6) is 0. The maximum atomic E-state index is 11.7. The first kappa shape index (κ1) is 14.4. The van der Waals surface area contributed by atoms with Gasteiger partial charge in [0, 0.05) is 13.7 Å². The number of nitriles is 1. The van der Waals surface area contributed by atoms with E-state index in [-0.39, 0.29) is 6.54 Å². The highest BCUT2D eigenvalue weighted by atomic mass is 32.2. The lowest BCUT2D eigenvalue weighted by Crippen LogP contribution is -2.51. The van der Waals surface area contributed by atoms with Gasteiger partial charge in [-0.05, 0) is 32.9 Å². The van der Waals surface area contributed by atoms with Gasteiger partial charge in [0.2, 0.25) is 10.0 Å². The third-order valence-corrected chi connectivity index (χ3v) is 4.77. The molecule has 2 N–H and O–H groups in total. The van der Waals surface area contributed by atoms with Crippen molar-refractivity contribution in [2.75, 3.05) is 26.7 Å². The van der Waals surface area contributed by atoms with E-state index in [1.165, 1.54) is 6.92 Å². The number of nitrogens with one attached hydrogen (secondary N) is 2. The predicted molar refractivity (Wildman–Crippen MR) is 63.8 cm³/mol. The van der Waals surface area contributed by atoms with E-state index in [0.717, 1.165) is 25.9 Å². The zero-order valence-corrected chi connectivity index (χ0v) is 11.0. The lowest BCUT2D eigenvalue weighted by molar-refractivity contribution is -0.0287. The Bertz CT molecular complexity index is 382. The number of nitrogens with zero attached hydrogens (tertiary/aromatic N) is 1. The number of hydrogen-bond donors (Lipinski definition) is 2. The van der Waals surface area contributed by atoms with Gasteiger partial charge >= 0.3 is 0 Å². The van der Waals surface area contributed by atoms with Gasteiger partial charge in [-0.1, -0.05) is 0 Å². The Morgan fingerprint density at radius 1 is 1.53 bits per heavy atom. The number of ether oxygens (including phenoxy) is 1. The van der Waals surface area contributed by atoms with Gasteiger partial charge in [-0.15, -0.1) is 0 Å². The molecule has 0 spiro atoms. The van der Waals surface area contributed by atoms with Crippen molar-refractivity contribution in [1.82, 2.24) is 10.0 Å². The minimum absolute atomic E-state index is 0.222. The molecule has 1 atom stereocenters. The van der Waals surface area contributed by atoms with Gasteiger partial charge in [0.1, 0.15) is 0 Å². The van der Waals surface area contributed by atoms with Crippen LogP contribution in [0.25, 0.3) is 0 Å². The molecule has 1 fully saturated rings. The Hall–Kier alpha value is -0.680. The molecule has 0 aromatic carbocycles. The van der Waals surface area contributed by atoms with Crippen LogP contribution in [0.4, 0.5) is 0 Å². The molecule has 1 unspecified atom stereocenters. The summed E-state index contributed by atoms with van der Waals surface area (Å²) in [5, 5.41) is 10.8. The van der Waals surface area contributed by atoms with Crippen LogP contribution in [0.1, 0.15) is 19.8 Å². The summed E-state index contributed by atoms with van der Waals surface area (Å²) in [6.07, 6.45) is 1.51. The second kappa shape index (κ2) is 5.78. The SMILES string of the molecule is COC1(CNS(=O)(=O)C(C)C#N)CCNCC1. The topological polar surface area (TPSA) is 91.2 Å². The molecule has 1 saturated heterocycles. The van der Waals surface area contributed by atoms with Crippen LogP contribution in [0, 0.1) is 11.3 Å². The molecule has 0 radical (unpaired) electrons. The summed E-state index contributed by atoms with van der Waals surface area (Å²) in [6.45, 7) is 3.20. The van der Waals surface area contributed by atoms with E-state index in [1.807, 2.05) is 0 Å². The van der Waals surface area contributed by atoms with Crippen LogP contribution in [0.5, 0.6) is 0 Å². The molecule has 98 valence electrons. The molecule has 1 heterocycles. The van der Waals surface area contributed by atoms with Crippen molar-refractivity contribution in [1.29, 1.82) is 5.26 Å². The first-order chi connectivity index (χ1) is 7.96. The summed E-state index contributed by atoms with van der Waals surface area (Å²) in [6, 6.07) is 1.72. The molecular formula is C10H19N3O3S. The highest BCUT2D eigenvalue weighted by molar-refractivity contribution is 7.90. The lowest BCUT2D eigenvalue weighted by atomic mass is 9.92. The molecule has 0 aromatic rings. The largest absolute Gasteiger partial charge is 0.377 e. The Morgan fingerprint density at radius 3 is 2.59 bits per heavy atom. The van der Waals surface area contributed by atoms with Gasteiger partial charge in [0.25, 0.3) is 0 Å². The monoisotopic (exact) mass is 261 g/mol. The quantitative estimate of drug-likeness (QED) is 0.702. The molecule has 6 nitrogen and oxygen atoms in total. The molecule has 0 aromatic heterocycles. The summed E-state index contributed by atoms with van der Waals surface area (Å²) in [4.78, 5) is 0. The van der Waals surface area contributed by atoms with Crippen molar-refractivity contribution in [3.8, 4) is 6.07 Å². The van der Waals surface area contributed by atoms with Gasteiger partial charge < -0.3 is 10.1 Å². The van der Waals surface area contributed by atoms with Crippen LogP contribution >= 0.6 is 0 Å². The van der Waals surface area contributed by atoms with E-state index in [9.17, 15) is 8.42 Å². The van der Waals surface area contributed by atoms with Gasteiger partial charge in [-0.2, -0.15) is 5.26 Å². The number of rotatable bonds is 5. The number of piperidine rings is 1. The number of hydrogen-bond acceptors (Lipinski definition) is 5. The number of methoxy groups -OCH3 is 1. The minimum atomic E-state index is -3.57. The van der Waals surface area contributed by atoms with Gasteiger partial charge in [0.15, 0.2) is 5.25 Å². The molecule has 1 aliphatic rings. The van der Waals surface area contributed by atoms with Gasteiger partial charge in [-0.25, -0.2) is 13.1 Å².